The molecule has 0 radical (unpaired) electrons. The number of anilines is 1. The van der Waals surface area contributed by atoms with Gasteiger partial charge < -0.3 is 24.3 Å². The monoisotopic (exact) mass is 337 g/mol. The first-order chi connectivity index (χ1) is 11.4. The number of nitrogens with one attached hydrogen (secondary N) is 1. The number of hydrogen-bond donors (Lipinski definition) is 1. The number of benzene rings is 1. The number of esters is 2. The zero-order valence-corrected chi connectivity index (χ0v) is 14.8. The van der Waals surface area contributed by atoms with Crippen LogP contribution in [0.4, 0.5) is 5.69 Å². The Balaban J connectivity index is 0.00000139. The van der Waals surface area contributed by atoms with Crippen molar-refractivity contribution in [2.45, 2.75) is 33.5 Å². The molecule has 1 aromatic rings. The predicted molar refractivity (Wildman–Crippen MR) is 88.9 cm³/mol. The van der Waals surface area contributed by atoms with Crippen molar-refractivity contribution < 1.29 is 28.5 Å². The first kappa shape index (κ1) is 19.3. The number of rotatable bonds is 4. The minimum Gasteiger partial charge on any atom is -0.497 e. The molecule has 0 spiro atoms. The molecule has 0 unspecified atom stereocenters. The Morgan fingerprint density at radius 2 is 1.62 bits per heavy atom. The second-order valence-electron chi connectivity index (χ2n) is 4.95. The maximum atomic E-state index is 11.8. The molecular formula is C17H23NO6. The van der Waals surface area contributed by atoms with Crippen LogP contribution in [-0.4, -0.2) is 31.9 Å². The summed E-state index contributed by atoms with van der Waals surface area (Å²) in [4.78, 5) is 23.7. The predicted octanol–water partition coefficient (Wildman–Crippen LogP) is 2.86. The number of carbonyl (C=O) groups excluding carboxylic acids is 2. The molecule has 0 bridgehead atoms. The van der Waals surface area contributed by atoms with E-state index in [0.717, 1.165) is 0 Å². The van der Waals surface area contributed by atoms with Crippen molar-refractivity contribution in [1.29, 1.82) is 0 Å². The number of methoxy groups -OCH3 is 2. The van der Waals surface area contributed by atoms with E-state index in [1.54, 1.807) is 18.2 Å². The van der Waals surface area contributed by atoms with Gasteiger partial charge in [-0.15, -0.1) is 0 Å². The molecule has 2 rings (SSSR count). The summed E-state index contributed by atoms with van der Waals surface area (Å²) < 4.78 is 20.3. The summed E-state index contributed by atoms with van der Waals surface area (Å²) in [6.45, 7) is 6.97. The normalized spacial score (nSPS) is 15.3. The molecule has 0 amide bonds. The van der Waals surface area contributed by atoms with Crippen molar-refractivity contribution in [3.05, 3.63) is 30.0 Å². The van der Waals surface area contributed by atoms with E-state index in [0.29, 0.717) is 17.2 Å². The van der Waals surface area contributed by atoms with Crippen molar-refractivity contribution in [2.24, 2.45) is 0 Å². The topological polar surface area (TPSA) is 83.1 Å². The number of ether oxygens (including phenoxy) is 4. The fraction of sp³-hybridized carbons (Fsp3) is 0.412. The van der Waals surface area contributed by atoms with E-state index in [1.165, 1.54) is 34.3 Å². The molecule has 7 heteroatoms. The van der Waals surface area contributed by atoms with Crippen LogP contribution in [0.5, 0.6) is 11.5 Å². The van der Waals surface area contributed by atoms with Gasteiger partial charge in [-0.25, -0.2) is 9.59 Å². The van der Waals surface area contributed by atoms with Gasteiger partial charge >= 0.3 is 11.9 Å². The van der Waals surface area contributed by atoms with Gasteiger partial charge in [0.2, 0.25) is 0 Å². The second-order valence-corrected chi connectivity index (χ2v) is 4.95. The largest absolute Gasteiger partial charge is 0.497 e. The van der Waals surface area contributed by atoms with E-state index < -0.39 is 17.7 Å². The molecule has 1 fully saturated rings. The average molecular weight is 337 g/mol. The van der Waals surface area contributed by atoms with Crippen molar-refractivity contribution >= 4 is 17.6 Å². The lowest BCUT2D eigenvalue weighted by Gasteiger charge is -2.29. The Labute approximate surface area is 141 Å². The minimum absolute atomic E-state index is 0.232. The van der Waals surface area contributed by atoms with E-state index in [-0.39, 0.29) is 5.57 Å². The lowest BCUT2D eigenvalue weighted by atomic mass is 10.2. The van der Waals surface area contributed by atoms with Crippen LogP contribution in [0.2, 0.25) is 0 Å². The van der Waals surface area contributed by atoms with E-state index >= 15 is 0 Å². The zero-order valence-electron chi connectivity index (χ0n) is 14.8. The van der Waals surface area contributed by atoms with Gasteiger partial charge in [0.1, 0.15) is 11.5 Å². The highest BCUT2D eigenvalue weighted by Crippen LogP contribution is 2.29. The third-order valence-corrected chi connectivity index (χ3v) is 2.90. The average Bonchev–Trinajstić information content (AvgIpc) is 2.54. The van der Waals surface area contributed by atoms with Gasteiger partial charge in [0.25, 0.3) is 5.79 Å². The summed E-state index contributed by atoms with van der Waals surface area (Å²) in [6, 6.07) is 5.09. The maximum absolute atomic E-state index is 11.8. The van der Waals surface area contributed by atoms with Crippen molar-refractivity contribution in [3.63, 3.8) is 0 Å². The van der Waals surface area contributed by atoms with Crippen molar-refractivity contribution in [1.82, 2.24) is 0 Å². The third-order valence-electron chi connectivity index (χ3n) is 2.90. The van der Waals surface area contributed by atoms with Crippen LogP contribution in [0.25, 0.3) is 0 Å². The number of carbonyl (C=O) groups is 2. The first-order valence-electron chi connectivity index (χ1n) is 7.51. The van der Waals surface area contributed by atoms with Gasteiger partial charge in [-0.1, -0.05) is 13.8 Å². The number of hydrogen-bond acceptors (Lipinski definition) is 7. The molecular weight excluding hydrogens is 314 g/mol. The van der Waals surface area contributed by atoms with Gasteiger partial charge in [0.05, 0.1) is 19.9 Å². The summed E-state index contributed by atoms with van der Waals surface area (Å²) in [5.41, 5.74) is 0.295. The molecule has 1 heterocycles. The lowest BCUT2D eigenvalue weighted by molar-refractivity contribution is -0.222. The summed E-state index contributed by atoms with van der Waals surface area (Å²) in [7, 11) is 3.04. The third kappa shape index (κ3) is 4.65. The van der Waals surface area contributed by atoms with Gasteiger partial charge in [-0.3, -0.25) is 0 Å². The highest BCUT2D eigenvalue weighted by atomic mass is 16.7. The highest BCUT2D eigenvalue weighted by Gasteiger charge is 2.38. The lowest BCUT2D eigenvalue weighted by Crippen LogP contribution is -2.42. The molecule has 1 aliphatic rings. The maximum Gasteiger partial charge on any atom is 0.350 e. The minimum atomic E-state index is -1.26. The van der Waals surface area contributed by atoms with Crippen LogP contribution in [-0.2, 0) is 19.1 Å². The summed E-state index contributed by atoms with van der Waals surface area (Å²) >= 11 is 0. The van der Waals surface area contributed by atoms with Crippen LogP contribution in [0.15, 0.2) is 30.0 Å². The Morgan fingerprint density at radius 3 is 2.12 bits per heavy atom. The number of cyclic esters (lactones) is 2. The fourth-order valence-electron chi connectivity index (χ4n) is 1.86. The van der Waals surface area contributed by atoms with E-state index in [1.807, 2.05) is 13.8 Å². The van der Waals surface area contributed by atoms with Crippen LogP contribution in [0, 0.1) is 0 Å². The molecule has 132 valence electrons. The summed E-state index contributed by atoms with van der Waals surface area (Å²) in [5.74, 6) is -1.66. The molecule has 1 N–H and O–H groups in total. The molecule has 24 heavy (non-hydrogen) atoms. The molecule has 1 aromatic carbocycles. The van der Waals surface area contributed by atoms with E-state index in [4.69, 9.17) is 18.9 Å². The summed E-state index contributed by atoms with van der Waals surface area (Å²) in [5, 5.41) is 2.83. The van der Waals surface area contributed by atoms with Crippen LogP contribution < -0.4 is 14.8 Å². The smallest absolute Gasteiger partial charge is 0.350 e. The quantitative estimate of drug-likeness (QED) is 0.514. The Morgan fingerprint density at radius 1 is 1.04 bits per heavy atom. The van der Waals surface area contributed by atoms with Crippen LogP contribution in [0.1, 0.15) is 27.7 Å². The molecule has 1 aliphatic heterocycles. The van der Waals surface area contributed by atoms with E-state index in [2.05, 4.69) is 5.32 Å². The van der Waals surface area contributed by atoms with Crippen molar-refractivity contribution in [3.8, 4) is 11.5 Å². The van der Waals surface area contributed by atoms with Gasteiger partial charge in [0.15, 0.2) is 5.57 Å². The Bertz CT molecular complexity index is 614. The van der Waals surface area contributed by atoms with Crippen LogP contribution >= 0.6 is 0 Å². The fourth-order valence-corrected chi connectivity index (χ4v) is 1.86. The SMILES string of the molecule is CC.COc1ccc(OC)c(NC=C2C(=O)OC(C)(C)OC2=O)c1. The van der Waals surface area contributed by atoms with Gasteiger partial charge in [-0.2, -0.15) is 0 Å². The van der Waals surface area contributed by atoms with Crippen LogP contribution in [0.3, 0.4) is 0 Å². The molecule has 7 nitrogen and oxygen atoms in total. The molecule has 0 saturated carbocycles. The molecule has 0 aliphatic carbocycles. The zero-order chi connectivity index (χ0) is 18.3. The highest BCUT2D eigenvalue weighted by molar-refractivity contribution is 6.15. The molecule has 0 atom stereocenters. The van der Waals surface area contributed by atoms with Gasteiger partial charge in [-0.05, 0) is 12.1 Å². The Hall–Kier alpha value is -2.70. The second kappa shape index (κ2) is 8.24. The van der Waals surface area contributed by atoms with Gasteiger partial charge in [0, 0.05) is 26.1 Å². The Kier molecular flexibility index (Phi) is 6.64. The van der Waals surface area contributed by atoms with E-state index in [9.17, 15) is 9.59 Å². The molecule has 0 aromatic heterocycles. The standard InChI is InChI=1S/C15H17NO6.C2H6/c1-15(2)21-13(17)10(14(18)22-15)8-16-11-7-9(19-3)5-6-12(11)20-4;1-2/h5-8,16H,1-4H3;1-2H3. The molecule has 1 saturated heterocycles. The first-order valence-corrected chi connectivity index (χ1v) is 7.51. The van der Waals surface area contributed by atoms with Crippen molar-refractivity contribution in [2.75, 3.05) is 19.5 Å². The summed E-state index contributed by atoms with van der Waals surface area (Å²) in [6.07, 6.45) is 1.22.